The highest BCUT2D eigenvalue weighted by atomic mass is 28.4. The van der Waals surface area contributed by atoms with Crippen LogP contribution in [0.3, 0.4) is 0 Å². The Hall–Kier alpha value is -0.323. The lowest BCUT2D eigenvalue weighted by atomic mass is 10.1. The summed E-state index contributed by atoms with van der Waals surface area (Å²) in [5.41, 5.74) is -4.11. The first kappa shape index (κ1) is 21.7. The third-order valence-electron chi connectivity index (χ3n) is 2.72. The van der Waals surface area contributed by atoms with Gasteiger partial charge in [-0.05, 0) is 33.6 Å². The highest BCUT2D eigenvalue weighted by molar-refractivity contribution is 6.63. The molecular formula is C12H22F6O3Si. The summed E-state index contributed by atoms with van der Waals surface area (Å²) in [6, 6.07) is 0. The normalized spacial score (nSPS) is 15.1. The Morgan fingerprint density at radius 1 is 0.864 bits per heavy atom. The first-order chi connectivity index (χ1) is 10.1. The maximum absolute atomic E-state index is 14.3. The number of rotatable bonds is 11. The second-order valence-electron chi connectivity index (χ2n) is 4.45. The maximum Gasteiger partial charge on any atom is 0.577 e. The smallest absolute Gasteiger partial charge is 0.370 e. The van der Waals surface area contributed by atoms with E-state index < -0.39 is 46.0 Å². The van der Waals surface area contributed by atoms with E-state index in [0.717, 1.165) is 0 Å². The van der Waals surface area contributed by atoms with E-state index in [0.29, 0.717) is 0 Å². The van der Waals surface area contributed by atoms with Crippen LogP contribution < -0.4 is 0 Å². The molecule has 1 atom stereocenters. The average Bonchev–Trinajstić information content (AvgIpc) is 2.37. The lowest BCUT2D eigenvalue weighted by Gasteiger charge is -2.36. The van der Waals surface area contributed by atoms with Crippen LogP contribution in [0.25, 0.3) is 0 Å². The molecule has 0 bridgehead atoms. The zero-order valence-electron chi connectivity index (χ0n) is 12.8. The number of alkyl halides is 6. The lowest BCUT2D eigenvalue weighted by molar-refractivity contribution is -0.139. The summed E-state index contributed by atoms with van der Waals surface area (Å²) in [6.45, 7) is 3.72. The van der Waals surface area contributed by atoms with Gasteiger partial charge in [-0.25, -0.2) is 4.39 Å². The van der Waals surface area contributed by atoms with Crippen molar-refractivity contribution in [3.8, 4) is 0 Å². The lowest BCUT2D eigenvalue weighted by Crippen LogP contribution is -2.64. The molecule has 134 valence electrons. The van der Waals surface area contributed by atoms with Crippen molar-refractivity contribution in [1.29, 1.82) is 0 Å². The molecule has 3 nitrogen and oxygen atoms in total. The van der Waals surface area contributed by atoms with Crippen LogP contribution in [0.1, 0.15) is 40.0 Å². The molecule has 0 aromatic heterocycles. The molecule has 0 fully saturated rings. The summed E-state index contributed by atoms with van der Waals surface area (Å²) in [6.07, 6.45) is -10.4. The first-order valence-electron chi connectivity index (χ1n) is 7.06. The molecule has 1 unspecified atom stereocenters. The fourth-order valence-electron chi connectivity index (χ4n) is 1.84. The van der Waals surface area contributed by atoms with Crippen molar-refractivity contribution in [2.24, 2.45) is 0 Å². The second kappa shape index (κ2) is 9.09. The topological polar surface area (TPSA) is 27.7 Å². The van der Waals surface area contributed by atoms with E-state index >= 15 is 0 Å². The molecule has 0 heterocycles. The summed E-state index contributed by atoms with van der Waals surface area (Å²) in [4.78, 5) is 0. The Morgan fingerprint density at radius 2 is 1.27 bits per heavy atom. The third kappa shape index (κ3) is 6.05. The van der Waals surface area contributed by atoms with Gasteiger partial charge in [0.2, 0.25) is 0 Å². The minimum atomic E-state index is -4.67. The fourth-order valence-corrected chi connectivity index (χ4v) is 4.33. The highest BCUT2D eigenvalue weighted by Crippen LogP contribution is 2.38. The van der Waals surface area contributed by atoms with Gasteiger partial charge in [-0.1, -0.05) is 0 Å². The molecule has 0 aliphatic rings. The van der Waals surface area contributed by atoms with Gasteiger partial charge in [-0.2, -0.15) is 22.0 Å². The molecule has 0 aromatic rings. The minimum absolute atomic E-state index is 0.183. The van der Waals surface area contributed by atoms with Gasteiger partial charge < -0.3 is 13.3 Å². The number of halogens is 6. The van der Waals surface area contributed by atoms with Crippen LogP contribution in [0.4, 0.5) is 26.3 Å². The molecule has 0 radical (unpaired) electrons. The van der Waals surface area contributed by atoms with Crippen LogP contribution in [0, 0.1) is 0 Å². The molecule has 0 spiro atoms. The first-order valence-corrected chi connectivity index (χ1v) is 8.79. The Balaban J connectivity index is 5.05. The Kier molecular flexibility index (Phi) is 8.96. The van der Waals surface area contributed by atoms with Gasteiger partial charge in [0.05, 0.1) is 0 Å². The molecular weight excluding hydrogens is 334 g/mol. The van der Waals surface area contributed by atoms with Crippen molar-refractivity contribution in [2.45, 2.75) is 57.9 Å². The van der Waals surface area contributed by atoms with E-state index in [4.69, 9.17) is 13.3 Å². The zero-order valence-corrected chi connectivity index (χ0v) is 13.8. The standard InChI is InChI=1S/C12H22F6O3Si/c1-4-19-22(20-5-2,21-6-3)12(17,18)10(13)8-7-9-11(14,15)16/h10H,4-9H2,1-3H3. The van der Waals surface area contributed by atoms with Crippen molar-refractivity contribution >= 4 is 8.80 Å². The van der Waals surface area contributed by atoms with Gasteiger partial charge in [-0.15, -0.1) is 0 Å². The monoisotopic (exact) mass is 356 g/mol. The quantitative estimate of drug-likeness (QED) is 0.409. The highest BCUT2D eigenvalue weighted by Gasteiger charge is 2.68. The van der Waals surface area contributed by atoms with E-state index in [1.165, 1.54) is 20.8 Å². The van der Waals surface area contributed by atoms with E-state index in [-0.39, 0.29) is 19.8 Å². The number of hydrogen-bond donors (Lipinski definition) is 0. The van der Waals surface area contributed by atoms with Crippen molar-refractivity contribution in [3.05, 3.63) is 0 Å². The average molecular weight is 356 g/mol. The van der Waals surface area contributed by atoms with E-state index in [1.807, 2.05) is 0 Å². The van der Waals surface area contributed by atoms with E-state index in [2.05, 4.69) is 0 Å². The molecule has 0 saturated heterocycles. The SMILES string of the molecule is CCO[Si](OCC)(OCC)C(F)(F)C(F)CCCC(F)(F)F. The van der Waals surface area contributed by atoms with Crippen molar-refractivity contribution in [1.82, 2.24) is 0 Å². The Morgan fingerprint density at radius 3 is 1.59 bits per heavy atom. The Bertz CT molecular complexity index is 297. The van der Waals surface area contributed by atoms with Gasteiger partial charge in [0, 0.05) is 26.2 Å². The van der Waals surface area contributed by atoms with Gasteiger partial charge in [0.15, 0.2) is 6.17 Å². The van der Waals surface area contributed by atoms with E-state index in [1.54, 1.807) is 0 Å². The molecule has 0 aliphatic heterocycles. The van der Waals surface area contributed by atoms with Gasteiger partial charge in [0.25, 0.3) is 0 Å². The van der Waals surface area contributed by atoms with Gasteiger partial charge in [-0.3, -0.25) is 0 Å². The summed E-state index contributed by atoms with van der Waals surface area (Å²) in [7, 11) is -4.67. The minimum Gasteiger partial charge on any atom is -0.370 e. The second-order valence-corrected chi connectivity index (χ2v) is 7.10. The zero-order chi connectivity index (χ0) is 17.4. The van der Waals surface area contributed by atoms with Gasteiger partial charge in [0.1, 0.15) is 0 Å². The molecule has 10 heteroatoms. The predicted molar refractivity (Wildman–Crippen MR) is 70.4 cm³/mol. The predicted octanol–water partition coefficient (Wildman–Crippen LogP) is 4.28. The molecule has 0 aliphatic carbocycles. The van der Waals surface area contributed by atoms with Crippen LogP contribution in [-0.2, 0) is 13.3 Å². The fraction of sp³-hybridized carbons (Fsp3) is 1.00. The van der Waals surface area contributed by atoms with Crippen LogP contribution in [0.5, 0.6) is 0 Å². The molecule has 0 rings (SSSR count). The summed E-state index contributed by atoms with van der Waals surface area (Å²) in [5.74, 6) is 0. The van der Waals surface area contributed by atoms with E-state index in [9.17, 15) is 26.3 Å². The van der Waals surface area contributed by atoms with Crippen molar-refractivity contribution < 1.29 is 39.6 Å². The largest absolute Gasteiger partial charge is 0.577 e. The summed E-state index contributed by atoms with van der Waals surface area (Å²) < 4.78 is 93.4. The van der Waals surface area contributed by atoms with Gasteiger partial charge >= 0.3 is 20.5 Å². The van der Waals surface area contributed by atoms with Crippen LogP contribution in [0.15, 0.2) is 0 Å². The van der Waals surface area contributed by atoms with Crippen LogP contribution in [0.2, 0.25) is 0 Å². The molecule has 0 amide bonds. The third-order valence-corrected chi connectivity index (χ3v) is 5.86. The Labute approximate surface area is 127 Å². The molecule has 22 heavy (non-hydrogen) atoms. The van der Waals surface area contributed by atoms with Crippen LogP contribution >= 0.6 is 0 Å². The molecule has 0 N–H and O–H groups in total. The summed E-state index contributed by atoms with van der Waals surface area (Å²) in [5, 5.41) is 0. The number of hydrogen-bond acceptors (Lipinski definition) is 3. The van der Waals surface area contributed by atoms with Crippen molar-refractivity contribution in [3.63, 3.8) is 0 Å². The van der Waals surface area contributed by atoms with Crippen molar-refractivity contribution in [2.75, 3.05) is 19.8 Å². The molecule has 0 aromatic carbocycles. The van der Waals surface area contributed by atoms with Crippen LogP contribution in [-0.4, -0.2) is 46.5 Å². The molecule has 0 saturated carbocycles. The summed E-state index contributed by atoms with van der Waals surface area (Å²) >= 11 is 0. The maximum atomic E-state index is 14.3.